The van der Waals surface area contributed by atoms with Crippen molar-refractivity contribution in [2.75, 3.05) is 6.61 Å². The fourth-order valence-electron chi connectivity index (χ4n) is 1.99. The largest absolute Gasteiger partial charge is 0.463 e. The molecule has 2 heteroatoms. The van der Waals surface area contributed by atoms with Crippen molar-refractivity contribution in [3.63, 3.8) is 0 Å². The lowest BCUT2D eigenvalue weighted by Crippen LogP contribution is -2.00. The van der Waals surface area contributed by atoms with Gasteiger partial charge in [-0.25, -0.2) is 4.79 Å². The molecule has 0 saturated carbocycles. The van der Waals surface area contributed by atoms with Crippen LogP contribution in [0.5, 0.6) is 0 Å². The Bertz CT molecular complexity index is 583. The second-order valence-electron chi connectivity index (χ2n) is 4.90. The van der Waals surface area contributed by atoms with Gasteiger partial charge in [-0.2, -0.15) is 0 Å². The Morgan fingerprint density at radius 1 is 1.00 bits per heavy atom. The molecule has 2 aromatic rings. The zero-order chi connectivity index (χ0) is 14.9. The van der Waals surface area contributed by atoms with Gasteiger partial charge in [0, 0.05) is 6.08 Å². The monoisotopic (exact) mass is 280 g/mol. The molecule has 0 N–H and O–H groups in total. The molecule has 0 aromatic heterocycles. The average molecular weight is 280 g/mol. The van der Waals surface area contributed by atoms with Crippen LogP contribution < -0.4 is 0 Å². The second kappa shape index (κ2) is 8.05. The number of hydrogen-bond donors (Lipinski definition) is 0. The van der Waals surface area contributed by atoms with Crippen molar-refractivity contribution in [3.8, 4) is 0 Å². The molecule has 0 radical (unpaired) electrons. The highest BCUT2D eigenvalue weighted by Gasteiger charge is 1.97. The van der Waals surface area contributed by atoms with E-state index in [4.69, 9.17) is 4.74 Å². The van der Waals surface area contributed by atoms with Crippen molar-refractivity contribution in [1.82, 2.24) is 0 Å². The molecule has 2 rings (SSSR count). The van der Waals surface area contributed by atoms with Gasteiger partial charge in [-0.05, 0) is 35.6 Å². The van der Waals surface area contributed by atoms with E-state index in [1.807, 2.05) is 37.3 Å². The van der Waals surface area contributed by atoms with E-state index in [2.05, 4.69) is 24.3 Å². The first-order chi connectivity index (χ1) is 10.3. The van der Waals surface area contributed by atoms with Crippen molar-refractivity contribution in [2.45, 2.75) is 19.8 Å². The normalized spacial score (nSPS) is 10.7. The maximum atomic E-state index is 11.4. The fourth-order valence-corrected chi connectivity index (χ4v) is 1.99. The van der Waals surface area contributed by atoms with Gasteiger partial charge in [0.2, 0.25) is 0 Å². The molecule has 21 heavy (non-hydrogen) atoms. The Morgan fingerprint density at radius 3 is 2.33 bits per heavy atom. The predicted octanol–water partition coefficient (Wildman–Crippen LogP) is 4.24. The summed E-state index contributed by atoms with van der Waals surface area (Å²) in [5, 5.41) is 0. The van der Waals surface area contributed by atoms with Gasteiger partial charge >= 0.3 is 5.97 Å². The highest BCUT2D eigenvalue weighted by molar-refractivity contribution is 5.87. The molecule has 0 amide bonds. The minimum Gasteiger partial charge on any atom is -0.463 e. The molecule has 0 bridgehead atoms. The van der Waals surface area contributed by atoms with E-state index in [1.165, 1.54) is 17.2 Å². The van der Waals surface area contributed by atoms with Crippen molar-refractivity contribution >= 4 is 12.0 Å². The summed E-state index contributed by atoms with van der Waals surface area (Å²) in [6.45, 7) is 2.45. The van der Waals surface area contributed by atoms with Crippen molar-refractivity contribution in [2.24, 2.45) is 0 Å². The van der Waals surface area contributed by atoms with Crippen LogP contribution in [0.1, 0.15) is 30.0 Å². The number of hydrogen-bond acceptors (Lipinski definition) is 2. The van der Waals surface area contributed by atoms with E-state index in [0.29, 0.717) is 6.61 Å². The standard InChI is InChI=1S/C19H20O2/c1-2-14-21-19(20)13-12-16-8-10-18(11-9-16)15-17-6-4-3-5-7-17/h3-13H,2,14-15H2,1H3/b13-12+. The fraction of sp³-hybridized carbons (Fsp3) is 0.211. The van der Waals surface area contributed by atoms with Crippen LogP contribution in [0.4, 0.5) is 0 Å². The van der Waals surface area contributed by atoms with Crippen LogP contribution in [-0.4, -0.2) is 12.6 Å². The molecule has 108 valence electrons. The number of benzene rings is 2. The van der Waals surface area contributed by atoms with Crippen LogP contribution in [0.15, 0.2) is 60.7 Å². The average Bonchev–Trinajstić information content (AvgIpc) is 2.53. The number of rotatable bonds is 6. The van der Waals surface area contributed by atoms with Crippen molar-refractivity contribution < 1.29 is 9.53 Å². The van der Waals surface area contributed by atoms with E-state index in [9.17, 15) is 4.79 Å². The zero-order valence-electron chi connectivity index (χ0n) is 12.3. The molecule has 2 aromatic carbocycles. The van der Waals surface area contributed by atoms with Gasteiger partial charge in [0.05, 0.1) is 6.61 Å². The molecule has 0 saturated heterocycles. The van der Waals surface area contributed by atoms with Crippen LogP contribution in [0.2, 0.25) is 0 Å². The molecular weight excluding hydrogens is 260 g/mol. The van der Waals surface area contributed by atoms with Gasteiger partial charge in [0.1, 0.15) is 0 Å². The maximum Gasteiger partial charge on any atom is 0.330 e. The number of carbonyl (C=O) groups excluding carboxylic acids is 1. The highest BCUT2D eigenvalue weighted by Crippen LogP contribution is 2.11. The Balaban J connectivity index is 1.93. The molecular formula is C19H20O2. The van der Waals surface area contributed by atoms with Gasteiger partial charge < -0.3 is 4.74 Å². The van der Waals surface area contributed by atoms with Crippen LogP contribution >= 0.6 is 0 Å². The second-order valence-corrected chi connectivity index (χ2v) is 4.90. The van der Waals surface area contributed by atoms with Crippen LogP contribution in [0, 0.1) is 0 Å². The van der Waals surface area contributed by atoms with Crippen LogP contribution in [0.25, 0.3) is 6.08 Å². The lowest BCUT2D eigenvalue weighted by molar-refractivity contribution is -0.137. The minimum atomic E-state index is -0.287. The van der Waals surface area contributed by atoms with E-state index in [1.54, 1.807) is 6.08 Å². The minimum absolute atomic E-state index is 0.287. The lowest BCUT2D eigenvalue weighted by Gasteiger charge is -2.02. The predicted molar refractivity (Wildman–Crippen MR) is 86.0 cm³/mol. The summed E-state index contributed by atoms with van der Waals surface area (Å²) < 4.78 is 4.99. The summed E-state index contributed by atoms with van der Waals surface area (Å²) in [5.41, 5.74) is 3.55. The molecule has 0 aliphatic heterocycles. The van der Waals surface area contributed by atoms with Gasteiger partial charge in [-0.3, -0.25) is 0 Å². The maximum absolute atomic E-state index is 11.4. The Kier molecular flexibility index (Phi) is 5.77. The number of esters is 1. The summed E-state index contributed by atoms with van der Waals surface area (Å²) in [6.07, 6.45) is 5.02. The molecule has 0 spiro atoms. The van der Waals surface area contributed by atoms with E-state index in [-0.39, 0.29) is 5.97 Å². The van der Waals surface area contributed by atoms with Gasteiger partial charge in [-0.15, -0.1) is 0 Å². The molecule has 2 nitrogen and oxygen atoms in total. The summed E-state index contributed by atoms with van der Waals surface area (Å²) in [6, 6.07) is 18.6. The Morgan fingerprint density at radius 2 is 1.67 bits per heavy atom. The molecule has 0 aliphatic carbocycles. The first-order valence-electron chi connectivity index (χ1n) is 7.25. The summed E-state index contributed by atoms with van der Waals surface area (Å²) in [4.78, 5) is 11.4. The Hall–Kier alpha value is -2.35. The number of carbonyl (C=O) groups is 1. The third kappa shape index (κ3) is 5.27. The molecule has 0 unspecified atom stereocenters. The van der Waals surface area contributed by atoms with E-state index >= 15 is 0 Å². The summed E-state index contributed by atoms with van der Waals surface area (Å²) >= 11 is 0. The molecule has 0 atom stereocenters. The summed E-state index contributed by atoms with van der Waals surface area (Å²) in [7, 11) is 0. The first kappa shape index (κ1) is 15.0. The van der Waals surface area contributed by atoms with E-state index in [0.717, 1.165) is 18.4 Å². The van der Waals surface area contributed by atoms with Crippen molar-refractivity contribution in [3.05, 3.63) is 77.4 Å². The van der Waals surface area contributed by atoms with Crippen LogP contribution in [0.3, 0.4) is 0 Å². The van der Waals surface area contributed by atoms with E-state index < -0.39 is 0 Å². The first-order valence-corrected chi connectivity index (χ1v) is 7.25. The highest BCUT2D eigenvalue weighted by atomic mass is 16.5. The SMILES string of the molecule is CCCOC(=O)/C=C/c1ccc(Cc2ccccc2)cc1. The van der Waals surface area contributed by atoms with Crippen molar-refractivity contribution in [1.29, 1.82) is 0 Å². The number of ether oxygens (including phenoxy) is 1. The third-order valence-electron chi connectivity index (χ3n) is 3.09. The third-order valence-corrected chi connectivity index (χ3v) is 3.09. The lowest BCUT2D eigenvalue weighted by atomic mass is 10.0. The summed E-state index contributed by atoms with van der Waals surface area (Å²) in [5.74, 6) is -0.287. The molecule has 0 fully saturated rings. The zero-order valence-corrected chi connectivity index (χ0v) is 12.3. The molecule has 0 heterocycles. The quantitative estimate of drug-likeness (QED) is 0.584. The van der Waals surface area contributed by atoms with Gasteiger partial charge in [0.15, 0.2) is 0 Å². The molecule has 0 aliphatic rings. The van der Waals surface area contributed by atoms with Crippen LogP contribution in [-0.2, 0) is 16.0 Å². The topological polar surface area (TPSA) is 26.3 Å². The van der Waals surface area contributed by atoms with Gasteiger partial charge in [0.25, 0.3) is 0 Å². The smallest absolute Gasteiger partial charge is 0.330 e. The Labute approximate surface area is 126 Å². The van der Waals surface area contributed by atoms with Gasteiger partial charge in [-0.1, -0.05) is 61.5 Å².